The van der Waals surface area contributed by atoms with Crippen LogP contribution in [0.25, 0.3) is 0 Å². The van der Waals surface area contributed by atoms with Gasteiger partial charge in [0.15, 0.2) is 0 Å². The predicted octanol–water partition coefficient (Wildman–Crippen LogP) is 3.49. The number of hydrogen-bond acceptors (Lipinski definition) is 1. The topological polar surface area (TPSA) is 9.23 Å². The summed E-state index contributed by atoms with van der Waals surface area (Å²) in [6, 6.07) is 0. The third-order valence-electron chi connectivity index (χ3n) is 3.00. The Bertz CT molecular complexity index is 106. The third-order valence-corrected chi connectivity index (χ3v) is 3.00. The highest BCUT2D eigenvalue weighted by atomic mass is 16.5. The minimum atomic E-state index is 0.526. The molecular weight excluding hydrogens is 148 g/mol. The highest BCUT2D eigenvalue weighted by Gasteiger charge is 2.22. The minimum Gasteiger partial charge on any atom is -0.384 e. The van der Waals surface area contributed by atoms with Crippen LogP contribution in [0.4, 0.5) is 0 Å². The fourth-order valence-corrected chi connectivity index (χ4v) is 1.72. The molecule has 0 unspecified atom stereocenters. The molecule has 0 bridgehead atoms. The minimum absolute atomic E-state index is 0.526. The van der Waals surface area contributed by atoms with E-state index in [9.17, 15) is 0 Å². The summed E-state index contributed by atoms with van der Waals surface area (Å²) >= 11 is 0. The Labute approximate surface area is 77.5 Å². The number of ether oxygens (including phenoxy) is 1. The van der Waals surface area contributed by atoms with Gasteiger partial charge in [0.2, 0.25) is 0 Å². The number of methoxy groups -OCH3 is 1. The van der Waals surface area contributed by atoms with Crippen LogP contribution in [-0.4, -0.2) is 13.7 Å². The molecule has 0 aromatic carbocycles. The molecule has 1 atom stereocenters. The van der Waals surface area contributed by atoms with Gasteiger partial charge in [0.1, 0.15) is 0 Å². The predicted molar refractivity (Wildman–Crippen MR) is 54.3 cm³/mol. The van der Waals surface area contributed by atoms with E-state index >= 15 is 0 Å². The summed E-state index contributed by atoms with van der Waals surface area (Å²) in [5.74, 6) is 0.694. The van der Waals surface area contributed by atoms with E-state index in [1.54, 1.807) is 7.11 Å². The molecule has 0 fully saturated rings. The lowest BCUT2D eigenvalue weighted by atomic mass is 9.77. The fourth-order valence-electron chi connectivity index (χ4n) is 1.72. The van der Waals surface area contributed by atoms with Gasteiger partial charge in [-0.1, -0.05) is 40.5 Å². The van der Waals surface area contributed by atoms with E-state index in [1.165, 1.54) is 19.3 Å². The van der Waals surface area contributed by atoms with Crippen LogP contribution in [-0.2, 0) is 4.74 Å². The van der Waals surface area contributed by atoms with Crippen LogP contribution >= 0.6 is 0 Å². The van der Waals surface area contributed by atoms with Crippen LogP contribution in [0, 0.1) is 11.3 Å². The molecule has 0 saturated heterocycles. The van der Waals surface area contributed by atoms with Gasteiger partial charge < -0.3 is 4.74 Å². The molecule has 0 amide bonds. The zero-order valence-electron chi connectivity index (χ0n) is 9.31. The van der Waals surface area contributed by atoms with Crippen molar-refractivity contribution in [3.8, 4) is 0 Å². The van der Waals surface area contributed by atoms with Gasteiger partial charge in [-0.05, 0) is 17.8 Å². The van der Waals surface area contributed by atoms with Gasteiger partial charge in [-0.3, -0.25) is 0 Å². The van der Waals surface area contributed by atoms with Crippen molar-refractivity contribution in [2.24, 2.45) is 11.3 Å². The highest BCUT2D eigenvalue weighted by Crippen LogP contribution is 2.32. The SMILES string of the molecule is CCC(C)(CC)C[C@@H](C)COC. The Morgan fingerprint density at radius 1 is 1.25 bits per heavy atom. The molecular formula is C11H24O. The quantitative estimate of drug-likeness (QED) is 0.596. The van der Waals surface area contributed by atoms with E-state index in [0.717, 1.165) is 6.61 Å². The smallest absolute Gasteiger partial charge is 0.0488 e. The molecule has 0 saturated carbocycles. The van der Waals surface area contributed by atoms with Gasteiger partial charge in [0.25, 0.3) is 0 Å². The normalized spacial score (nSPS) is 14.8. The lowest BCUT2D eigenvalue weighted by molar-refractivity contribution is 0.121. The molecule has 0 N–H and O–H groups in total. The highest BCUT2D eigenvalue weighted by molar-refractivity contribution is 4.73. The molecule has 0 rings (SSSR count). The van der Waals surface area contributed by atoms with Crippen molar-refractivity contribution in [2.75, 3.05) is 13.7 Å². The van der Waals surface area contributed by atoms with E-state index in [2.05, 4.69) is 27.7 Å². The zero-order valence-corrected chi connectivity index (χ0v) is 9.31. The lowest BCUT2D eigenvalue weighted by Gasteiger charge is -2.29. The van der Waals surface area contributed by atoms with Crippen LogP contribution < -0.4 is 0 Å². The van der Waals surface area contributed by atoms with Gasteiger partial charge in [-0.15, -0.1) is 0 Å². The van der Waals surface area contributed by atoms with Crippen LogP contribution in [0.2, 0.25) is 0 Å². The first-order valence-electron chi connectivity index (χ1n) is 5.07. The average molecular weight is 172 g/mol. The van der Waals surface area contributed by atoms with Crippen LogP contribution in [0.1, 0.15) is 47.0 Å². The zero-order chi connectivity index (χ0) is 9.61. The van der Waals surface area contributed by atoms with Crippen LogP contribution in [0.3, 0.4) is 0 Å². The van der Waals surface area contributed by atoms with Gasteiger partial charge >= 0.3 is 0 Å². The summed E-state index contributed by atoms with van der Waals surface area (Å²) < 4.78 is 5.14. The van der Waals surface area contributed by atoms with Crippen molar-refractivity contribution in [2.45, 2.75) is 47.0 Å². The molecule has 0 radical (unpaired) electrons. The van der Waals surface area contributed by atoms with Crippen molar-refractivity contribution in [3.63, 3.8) is 0 Å². The van der Waals surface area contributed by atoms with Gasteiger partial charge in [0.05, 0.1) is 0 Å². The summed E-state index contributed by atoms with van der Waals surface area (Å²) in [5, 5.41) is 0. The molecule has 0 aromatic rings. The average Bonchev–Trinajstić information content (AvgIpc) is 2.05. The Morgan fingerprint density at radius 3 is 2.08 bits per heavy atom. The van der Waals surface area contributed by atoms with Crippen molar-refractivity contribution >= 4 is 0 Å². The first-order valence-corrected chi connectivity index (χ1v) is 5.07. The van der Waals surface area contributed by atoms with Crippen molar-refractivity contribution in [3.05, 3.63) is 0 Å². The van der Waals surface area contributed by atoms with E-state index in [0.29, 0.717) is 11.3 Å². The van der Waals surface area contributed by atoms with Crippen molar-refractivity contribution in [1.82, 2.24) is 0 Å². The standard InChI is InChI=1S/C11H24O/c1-6-11(4,7-2)8-10(3)9-12-5/h10H,6-9H2,1-5H3/t10-/m1/s1. The maximum Gasteiger partial charge on any atom is 0.0488 e. The van der Waals surface area contributed by atoms with Crippen LogP contribution in [0.5, 0.6) is 0 Å². The molecule has 12 heavy (non-hydrogen) atoms. The second kappa shape index (κ2) is 5.58. The third kappa shape index (κ3) is 4.10. The van der Waals surface area contributed by atoms with Crippen molar-refractivity contribution in [1.29, 1.82) is 0 Å². The lowest BCUT2D eigenvalue weighted by Crippen LogP contribution is -2.19. The molecule has 0 heterocycles. The maximum atomic E-state index is 5.14. The molecule has 74 valence electrons. The summed E-state index contributed by atoms with van der Waals surface area (Å²) in [4.78, 5) is 0. The Hall–Kier alpha value is -0.0400. The monoisotopic (exact) mass is 172 g/mol. The summed E-state index contributed by atoms with van der Waals surface area (Å²) in [5.41, 5.74) is 0.526. The first-order chi connectivity index (χ1) is 5.58. The molecule has 0 aliphatic rings. The fraction of sp³-hybridized carbons (Fsp3) is 1.00. The number of hydrogen-bond donors (Lipinski definition) is 0. The van der Waals surface area contributed by atoms with Gasteiger partial charge in [0, 0.05) is 13.7 Å². The molecule has 1 nitrogen and oxygen atoms in total. The van der Waals surface area contributed by atoms with E-state index in [1.807, 2.05) is 0 Å². The van der Waals surface area contributed by atoms with E-state index in [4.69, 9.17) is 4.74 Å². The Balaban J connectivity index is 3.84. The molecule has 0 spiro atoms. The molecule has 1 heteroatoms. The molecule has 0 aliphatic heterocycles. The first kappa shape index (κ1) is 12.0. The molecule has 0 aromatic heterocycles. The Kier molecular flexibility index (Phi) is 5.56. The van der Waals surface area contributed by atoms with Gasteiger partial charge in [-0.25, -0.2) is 0 Å². The van der Waals surface area contributed by atoms with Gasteiger partial charge in [-0.2, -0.15) is 0 Å². The summed E-state index contributed by atoms with van der Waals surface area (Å²) in [6.07, 6.45) is 3.84. The Morgan fingerprint density at radius 2 is 1.75 bits per heavy atom. The van der Waals surface area contributed by atoms with E-state index in [-0.39, 0.29) is 0 Å². The largest absolute Gasteiger partial charge is 0.384 e. The molecule has 0 aliphatic carbocycles. The van der Waals surface area contributed by atoms with E-state index < -0.39 is 0 Å². The second-order valence-electron chi connectivity index (χ2n) is 4.28. The number of rotatable bonds is 6. The second-order valence-corrected chi connectivity index (χ2v) is 4.28. The summed E-state index contributed by atoms with van der Waals surface area (Å²) in [7, 11) is 1.78. The summed E-state index contributed by atoms with van der Waals surface area (Å²) in [6.45, 7) is 10.1. The van der Waals surface area contributed by atoms with Crippen LogP contribution in [0.15, 0.2) is 0 Å². The van der Waals surface area contributed by atoms with Crippen molar-refractivity contribution < 1.29 is 4.74 Å². The maximum absolute atomic E-state index is 5.14.